The van der Waals surface area contributed by atoms with Crippen LogP contribution in [0.4, 0.5) is 4.39 Å². The first-order valence-electron chi connectivity index (χ1n) is 5.31. The highest BCUT2D eigenvalue weighted by molar-refractivity contribution is 5.19. The Morgan fingerprint density at radius 1 is 1.29 bits per heavy atom. The van der Waals surface area contributed by atoms with Crippen LogP contribution in [0.2, 0.25) is 0 Å². The molecule has 5 heteroatoms. The van der Waals surface area contributed by atoms with Crippen LogP contribution in [0, 0.1) is 5.82 Å². The predicted molar refractivity (Wildman–Crippen MR) is 60.7 cm³/mol. The lowest BCUT2D eigenvalue weighted by atomic mass is 10.1. The normalized spacial score (nSPS) is 11.8. The summed E-state index contributed by atoms with van der Waals surface area (Å²) < 4.78 is 17.8. The Labute approximate surface area is 98.6 Å². The van der Waals surface area contributed by atoms with Crippen molar-refractivity contribution in [2.45, 2.75) is 25.8 Å². The summed E-state index contributed by atoms with van der Waals surface area (Å²) in [5.41, 5.74) is 6.12. The quantitative estimate of drug-likeness (QED) is 0.883. The summed E-state index contributed by atoms with van der Waals surface area (Å²) >= 11 is 0. The van der Waals surface area contributed by atoms with E-state index in [0.29, 0.717) is 18.1 Å². The molecular weight excluding hydrogens is 221 g/mol. The van der Waals surface area contributed by atoms with Gasteiger partial charge in [0.05, 0.1) is 5.54 Å². The van der Waals surface area contributed by atoms with Gasteiger partial charge in [-0.15, -0.1) is 0 Å². The molecule has 0 aliphatic heterocycles. The van der Waals surface area contributed by atoms with Gasteiger partial charge in [-0.2, -0.15) is 4.98 Å². The second-order valence-electron chi connectivity index (χ2n) is 4.54. The molecule has 2 N–H and O–H groups in total. The summed E-state index contributed by atoms with van der Waals surface area (Å²) in [6.45, 7) is 3.59. The number of rotatable bonds is 3. The summed E-state index contributed by atoms with van der Waals surface area (Å²) in [7, 11) is 0. The second kappa shape index (κ2) is 4.25. The Kier molecular flexibility index (Phi) is 2.93. The van der Waals surface area contributed by atoms with Gasteiger partial charge in [-0.05, 0) is 31.5 Å². The van der Waals surface area contributed by atoms with Gasteiger partial charge in [0.25, 0.3) is 0 Å². The summed E-state index contributed by atoms with van der Waals surface area (Å²) in [5, 5.41) is 3.84. The molecule has 0 unspecified atom stereocenters. The largest absolute Gasteiger partial charge is 0.337 e. The van der Waals surface area contributed by atoms with Gasteiger partial charge in [-0.1, -0.05) is 17.3 Å². The highest BCUT2D eigenvalue weighted by Gasteiger charge is 2.22. The molecule has 1 aromatic carbocycles. The number of benzene rings is 1. The minimum atomic E-state index is -0.645. The lowest BCUT2D eigenvalue weighted by molar-refractivity contribution is 0.310. The highest BCUT2D eigenvalue weighted by Crippen LogP contribution is 2.15. The molecule has 90 valence electrons. The topological polar surface area (TPSA) is 64.9 Å². The van der Waals surface area contributed by atoms with E-state index in [1.165, 1.54) is 12.1 Å². The lowest BCUT2D eigenvalue weighted by Gasteiger charge is -2.10. The fraction of sp³-hybridized carbons (Fsp3) is 0.333. The number of hydrogen-bond acceptors (Lipinski definition) is 4. The third kappa shape index (κ3) is 2.88. The maximum absolute atomic E-state index is 12.7. The van der Waals surface area contributed by atoms with Crippen LogP contribution in [-0.4, -0.2) is 10.1 Å². The van der Waals surface area contributed by atoms with Crippen LogP contribution in [0.1, 0.15) is 31.1 Å². The lowest BCUT2D eigenvalue weighted by Crippen LogP contribution is -2.29. The van der Waals surface area contributed by atoms with E-state index in [9.17, 15) is 4.39 Å². The van der Waals surface area contributed by atoms with Gasteiger partial charge in [-0.25, -0.2) is 4.39 Å². The average molecular weight is 235 g/mol. The second-order valence-corrected chi connectivity index (χ2v) is 4.54. The van der Waals surface area contributed by atoms with Crippen molar-refractivity contribution in [2.24, 2.45) is 5.73 Å². The molecule has 0 saturated heterocycles. The summed E-state index contributed by atoms with van der Waals surface area (Å²) in [6.07, 6.45) is 0.500. The van der Waals surface area contributed by atoms with Crippen molar-refractivity contribution >= 4 is 0 Å². The van der Waals surface area contributed by atoms with Crippen molar-refractivity contribution in [1.82, 2.24) is 10.1 Å². The standard InChI is InChI=1S/C12H14FN3O/c1-12(2,14)11-15-10(16-17-11)7-8-3-5-9(13)6-4-8/h3-6H,7,14H2,1-2H3. The van der Waals surface area contributed by atoms with E-state index in [-0.39, 0.29) is 5.82 Å². The Balaban J connectivity index is 2.14. The Morgan fingerprint density at radius 2 is 1.94 bits per heavy atom. The van der Waals surface area contributed by atoms with Crippen LogP contribution in [-0.2, 0) is 12.0 Å². The Morgan fingerprint density at radius 3 is 2.47 bits per heavy atom. The third-order valence-electron chi connectivity index (χ3n) is 2.29. The monoisotopic (exact) mass is 235 g/mol. The number of nitrogens with zero attached hydrogens (tertiary/aromatic N) is 2. The number of hydrogen-bond donors (Lipinski definition) is 1. The molecule has 4 nitrogen and oxygen atoms in total. The van der Waals surface area contributed by atoms with E-state index in [2.05, 4.69) is 10.1 Å². The van der Waals surface area contributed by atoms with Gasteiger partial charge in [0.15, 0.2) is 5.82 Å². The summed E-state index contributed by atoms with van der Waals surface area (Å²) in [5.74, 6) is 0.686. The number of nitrogens with two attached hydrogens (primary N) is 1. The van der Waals surface area contributed by atoms with E-state index >= 15 is 0 Å². The van der Waals surface area contributed by atoms with E-state index in [4.69, 9.17) is 10.3 Å². The van der Waals surface area contributed by atoms with Crippen molar-refractivity contribution < 1.29 is 8.91 Å². The van der Waals surface area contributed by atoms with Crippen molar-refractivity contribution in [1.29, 1.82) is 0 Å². The van der Waals surface area contributed by atoms with Gasteiger partial charge in [0.2, 0.25) is 5.89 Å². The van der Waals surface area contributed by atoms with Crippen molar-refractivity contribution in [3.8, 4) is 0 Å². The molecule has 0 radical (unpaired) electrons. The maximum Gasteiger partial charge on any atom is 0.246 e. The molecule has 2 aromatic rings. The van der Waals surface area contributed by atoms with Crippen molar-refractivity contribution in [3.05, 3.63) is 47.4 Å². The van der Waals surface area contributed by atoms with Gasteiger partial charge in [-0.3, -0.25) is 0 Å². The average Bonchev–Trinajstić information content (AvgIpc) is 2.69. The van der Waals surface area contributed by atoms with Gasteiger partial charge >= 0.3 is 0 Å². The maximum atomic E-state index is 12.7. The zero-order valence-electron chi connectivity index (χ0n) is 9.77. The molecule has 2 rings (SSSR count). The van der Waals surface area contributed by atoms with E-state index in [0.717, 1.165) is 5.56 Å². The van der Waals surface area contributed by atoms with Crippen molar-refractivity contribution in [3.63, 3.8) is 0 Å². The van der Waals surface area contributed by atoms with Crippen LogP contribution < -0.4 is 5.73 Å². The molecular formula is C12H14FN3O. The predicted octanol–water partition coefficient (Wildman–Crippen LogP) is 1.99. The minimum Gasteiger partial charge on any atom is -0.337 e. The van der Waals surface area contributed by atoms with E-state index in [1.54, 1.807) is 26.0 Å². The zero-order valence-corrected chi connectivity index (χ0v) is 9.77. The van der Waals surface area contributed by atoms with Crippen LogP contribution in [0.25, 0.3) is 0 Å². The summed E-state index contributed by atoms with van der Waals surface area (Å²) in [6, 6.07) is 6.20. The fourth-order valence-corrected chi connectivity index (χ4v) is 1.37. The van der Waals surface area contributed by atoms with E-state index < -0.39 is 5.54 Å². The van der Waals surface area contributed by atoms with Gasteiger partial charge in [0.1, 0.15) is 5.82 Å². The first-order chi connectivity index (χ1) is 7.95. The van der Waals surface area contributed by atoms with Crippen LogP contribution in [0.5, 0.6) is 0 Å². The zero-order chi connectivity index (χ0) is 12.5. The minimum absolute atomic E-state index is 0.259. The van der Waals surface area contributed by atoms with Crippen LogP contribution >= 0.6 is 0 Å². The molecule has 0 bridgehead atoms. The molecule has 0 aliphatic carbocycles. The fourth-order valence-electron chi connectivity index (χ4n) is 1.37. The smallest absolute Gasteiger partial charge is 0.246 e. The van der Waals surface area contributed by atoms with Gasteiger partial charge < -0.3 is 10.3 Å². The highest BCUT2D eigenvalue weighted by atomic mass is 19.1. The van der Waals surface area contributed by atoms with Gasteiger partial charge in [0, 0.05) is 6.42 Å². The third-order valence-corrected chi connectivity index (χ3v) is 2.29. The van der Waals surface area contributed by atoms with Crippen molar-refractivity contribution in [2.75, 3.05) is 0 Å². The molecule has 1 heterocycles. The molecule has 0 atom stereocenters. The first-order valence-corrected chi connectivity index (χ1v) is 5.31. The summed E-state index contributed by atoms with van der Waals surface area (Å²) in [4.78, 5) is 4.20. The first kappa shape index (κ1) is 11.7. The molecule has 1 aromatic heterocycles. The molecule has 0 saturated carbocycles. The van der Waals surface area contributed by atoms with Crippen LogP contribution in [0.3, 0.4) is 0 Å². The Bertz CT molecular complexity index is 499. The van der Waals surface area contributed by atoms with E-state index in [1.807, 2.05) is 0 Å². The molecule has 0 aliphatic rings. The molecule has 0 spiro atoms. The SMILES string of the molecule is CC(C)(N)c1nc(Cc2ccc(F)cc2)no1. The number of aromatic nitrogens is 2. The Hall–Kier alpha value is -1.75. The molecule has 0 amide bonds. The number of halogens is 1. The molecule has 17 heavy (non-hydrogen) atoms. The van der Waals surface area contributed by atoms with Crippen LogP contribution in [0.15, 0.2) is 28.8 Å². The molecule has 0 fully saturated rings.